The van der Waals surface area contributed by atoms with E-state index in [1.807, 2.05) is 25.1 Å². The quantitative estimate of drug-likeness (QED) is 0.845. The van der Waals surface area contributed by atoms with Crippen LogP contribution >= 0.6 is 0 Å². The fourth-order valence-corrected chi connectivity index (χ4v) is 1.79. The molecular formula is C15H21N3O3. The first-order valence-electron chi connectivity index (χ1n) is 6.91. The first kappa shape index (κ1) is 15.3. The van der Waals surface area contributed by atoms with Crippen molar-refractivity contribution >= 4 is 0 Å². The Kier molecular flexibility index (Phi) is 5.16. The number of benzene rings is 1. The maximum atomic E-state index is 5.73. The molecule has 0 aliphatic carbocycles. The molecular weight excluding hydrogens is 270 g/mol. The van der Waals surface area contributed by atoms with Gasteiger partial charge in [0.1, 0.15) is 18.0 Å². The van der Waals surface area contributed by atoms with Crippen LogP contribution in [0.3, 0.4) is 0 Å². The van der Waals surface area contributed by atoms with Gasteiger partial charge in [0.15, 0.2) is 11.5 Å². The van der Waals surface area contributed by atoms with E-state index in [1.165, 1.54) is 0 Å². The summed E-state index contributed by atoms with van der Waals surface area (Å²) in [5.41, 5.74) is 2.56. The van der Waals surface area contributed by atoms with Gasteiger partial charge in [0.2, 0.25) is 0 Å². The summed E-state index contributed by atoms with van der Waals surface area (Å²) >= 11 is 0. The Morgan fingerprint density at radius 1 is 1.24 bits per heavy atom. The van der Waals surface area contributed by atoms with Crippen molar-refractivity contribution in [1.82, 2.24) is 15.6 Å². The van der Waals surface area contributed by atoms with E-state index < -0.39 is 0 Å². The fourth-order valence-electron chi connectivity index (χ4n) is 1.79. The molecule has 1 aromatic heterocycles. The number of methoxy groups -OCH3 is 1. The summed E-state index contributed by atoms with van der Waals surface area (Å²) in [4.78, 5) is 0. The fraction of sp³-hybridized carbons (Fsp3) is 0.467. The Morgan fingerprint density at radius 2 is 2.05 bits per heavy atom. The van der Waals surface area contributed by atoms with Crippen LogP contribution in [-0.2, 0) is 13.2 Å². The smallest absolute Gasteiger partial charge is 0.161 e. The number of aromatic nitrogens is 2. The van der Waals surface area contributed by atoms with Gasteiger partial charge in [0, 0.05) is 12.6 Å². The van der Waals surface area contributed by atoms with E-state index >= 15 is 0 Å². The molecule has 0 saturated heterocycles. The average molecular weight is 291 g/mol. The number of hydrogen-bond acceptors (Lipinski definition) is 6. The SMILES string of the molecule is COc1cc(CNC(C)C)ccc1OCc1nonc1C. The molecule has 114 valence electrons. The second kappa shape index (κ2) is 7.08. The number of aryl methyl sites for hydroxylation is 1. The van der Waals surface area contributed by atoms with Gasteiger partial charge in [-0.25, -0.2) is 4.63 Å². The molecule has 0 saturated carbocycles. The molecule has 2 aromatic rings. The van der Waals surface area contributed by atoms with Gasteiger partial charge < -0.3 is 14.8 Å². The van der Waals surface area contributed by atoms with Crippen molar-refractivity contribution in [3.63, 3.8) is 0 Å². The average Bonchev–Trinajstić information content (AvgIpc) is 2.88. The van der Waals surface area contributed by atoms with E-state index in [0.717, 1.165) is 17.8 Å². The Bertz CT molecular complexity index is 581. The number of rotatable bonds is 7. The van der Waals surface area contributed by atoms with Gasteiger partial charge in [-0.15, -0.1) is 0 Å². The van der Waals surface area contributed by atoms with E-state index in [4.69, 9.17) is 9.47 Å². The van der Waals surface area contributed by atoms with Crippen LogP contribution in [0.15, 0.2) is 22.8 Å². The van der Waals surface area contributed by atoms with Gasteiger partial charge in [-0.05, 0) is 24.6 Å². The summed E-state index contributed by atoms with van der Waals surface area (Å²) in [5.74, 6) is 1.38. The molecule has 0 fully saturated rings. The summed E-state index contributed by atoms with van der Waals surface area (Å²) in [6.45, 7) is 7.15. The van der Waals surface area contributed by atoms with Gasteiger partial charge in [0.25, 0.3) is 0 Å². The van der Waals surface area contributed by atoms with Crippen molar-refractivity contribution in [3.8, 4) is 11.5 Å². The van der Waals surface area contributed by atoms with Crippen molar-refractivity contribution < 1.29 is 14.1 Å². The minimum absolute atomic E-state index is 0.301. The zero-order valence-corrected chi connectivity index (χ0v) is 12.8. The third-order valence-electron chi connectivity index (χ3n) is 3.05. The predicted molar refractivity (Wildman–Crippen MR) is 78.3 cm³/mol. The van der Waals surface area contributed by atoms with E-state index in [2.05, 4.69) is 34.1 Å². The Hall–Kier alpha value is -2.08. The van der Waals surface area contributed by atoms with Crippen LogP contribution in [0.25, 0.3) is 0 Å². The number of hydrogen-bond donors (Lipinski definition) is 1. The van der Waals surface area contributed by atoms with Crippen LogP contribution in [0.4, 0.5) is 0 Å². The summed E-state index contributed by atoms with van der Waals surface area (Å²) in [6, 6.07) is 6.33. The highest BCUT2D eigenvalue weighted by atomic mass is 16.6. The van der Waals surface area contributed by atoms with Gasteiger partial charge in [-0.1, -0.05) is 30.2 Å². The first-order chi connectivity index (χ1) is 10.1. The van der Waals surface area contributed by atoms with Crippen LogP contribution < -0.4 is 14.8 Å². The molecule has 1 N–H and O–H groups in total. The highest BCUT2D eigenvalue weighted by molar-refractivity contribution is 5.43. The Balaban J connectivity index is 2.04. The zero-order chi connectivity index (χ0) is 15.2. The normalized spacial score (nSPS) is 10.9. The number of ether oxygens (including phenoxy) is 2. The molecule has 6 heteroatoms. The molecule has 2 rings (SSSR count). The van der Waals surface area contributed by atoms with Crippen molar-refractivity contribution in [2.75, 3.05) is 7.11 Å². The molecule has 1 aromatic carbocycles. The minimum Gasteiger partial charge on any atom is -0.493 e. The van der Waals surface area contributed by atoms with E-state index in [0.29, 0.717) is 29.8 Å². The van der Waals surface area contributed by atoms with Gasteiger partial charge in [-0.2, -0.15) is 0 Å². The topological polar surface area (TPSA) is 69.4 Å². The second-order valence-electron chi connectivity index (χ2n) is 5.11. The second-order valence-corrected chi connectivity index (χ2v) is 5.11. The van der Waals surface area contributed by atoms with Gasteiger partial charge >= 0.3 is 0 Å². The van der Waals surface area contributed by atoms with Gasteiger partial charge in [0.05, 0.1) is 7.11 Å². The lowest BCUT2D eigenvalue weighted by molar-refractivity contribution is 0.260. The van der Waals surface area contributed by atoms with Crippen LogP contribution in [0, 0.1) is 6.92 Å². The zero-order valence-electron chi connectivity index (χ0n) is 12.8. The maximum absolute atomic E-state index is 5.73. The first-order valence-corrected chi connectivity index (χ1v) is 6.91. The molecule has 0 unspecified atom stereocenters. The van der Waals surface area contributed by atoms with E-state index in [9.17, 15) is 0 Å². The highest BCUT2D eigenvalue weighted by Gasteiger charge is 2.10. The van der Waals surface area contributed by atoms with Crippen LogP contribution in [0.2, 0.25) is 0 Å². The standard InChI is InChI=1S/C15H21N3O3/c1-10(2)16-8-12-5-6-14(15(7-12)19-4)20-9-13-11(3)17-21-18-13/h5-7,10,16H,8-9H2,1-4H3. The molecule has 0 amide bonds. The Labute approximate surface area is 124 Å². The third-order valence-corrected chi connectivity index (χ3v) is 3.05. The maximum Gasteiger partial charge on any atom is 0.161 e. The van der Waals surface area contributed by atoms with E-state index in [-0.39, 0.29) is 0 Å². The van der Waals surface area contributed by atoms with Crippen LogP contribution in [0.1, 0.15) is 30.8 Å². The molecule has 0 bridgehead atoms. The van der Waals surface area contributed by atoms with Crippen LogP contribution in [-0.4, -0.2) is 23.5 Å². The highest BCUT2D eigenvalue weighted by Crippen LogP contribution is 2.28. The molecule has 0 aliphatic heterocycles. The van der Waals surface area contributed by atoms with Gasteiger partial charge in [-0.3, -0.25) is 0 Å². The summed E-state index contributed by atoms with van der Waals surface area (Å²) in [6.07, 6.45) is 0. The molecule has 6 nitrogen and oxygen atoms in total. The van der Waals surface area contributed by atoms with Crippen molar-refractivity contribution in [2.45, 2.75) is 40.0 Å². The lowest BCUT2D eigenvalue weighted by atomic mass is 10.2. The van der Waals surface area contributed by atoms with Crippen molar-refractivity contribution in [2.24, 2.45) is 0 Å². The molecule has 0 aliphatic rings. The lowest BCUT2D eigenvalue weighted by Gasteiger charge is -2.13. The third kappa shape index (κ3) is 4.19. The van der Waals surface area contributed by atoms with Crippen molar-refractivity contribution in [1.29, 1.82) is 0 Å². The summed E-state index contributed by atoms with van der Waals surface area (Å²) in [7, 11) is 1.63. The minimum atomic E-state index is 0.301. The van der Waals surface area contributed by atoms with Crippen molar-refractivity contribution in [3.05, 3.63) is 35.2 Å². The summed E-state index contributed by atoms with van der Waals surface area (Å²) in [5, 5.41) is 10.9. The predicted octanol–water partition coefficient (Wildman–Crippen LogP) is 2.46. The van der Waals surface area contributed by atoms with E-state index in [1.54, 1.807) is 7.11 Å². The number of nitrogens with zero attached hydrogens (tertiary/aromatic N) is 2. The number of nitrogens with one attached hydrogen (secondary N) is 1. The monoisotopic (exact) mass is 291 g/mol. The van der Waals surface area contributed by atoms with Crippen LogP contribution in [0.5, 0.6) is 11.5 Å². The molecule has 0 atom stereocenters. The molecule has 1 heterocycles. The molecule has 0 spiro atoms. The Morgan fingerprint density at radius 3 is 2.67 bits per heavy atom. The molecule has 21 heavy (non-hydrogen) atoms. The lowest BCUT2D eigenvalue weighted by Crippen LogP contribution is -2.21. The molecule has 0 radical (unpaired) electrons. The summed E-state index contributed by atoms with van der Waals surface area (Å²) < 4.78 is 15.8. The largest absolute Gasteiger partial charge is 0.493 e.